The molecule has 6 nitrogen and oxygen atoms in total. The molecule has 0 aliphatic rings. The maximum Gasteiger partial charge on any atom is 0.267 e. The molecule has 2 heterocycles. The number of benzene rings is 1. The van der Waals surface area contributed by atoms with Gasteiger partial charge in [0.1, 0.15) is 17.3 Å². The van der Waals surface area contributed by atoms with Crippen LogP contribution in [0.2, 0.25) is 0 Å². The first-order valence-corrected chi connectivity index (χ1v) is 7.00. The Labute approximate surface area is 132 Å². The van der Waals surface area contributed by atoms with Crippen LogP contribution in [0.5, 0.6) is 5.75 Å². The Kier molecular flexibility index (Phi) is 3.50. The van der Waals surface area contributed by atoms with Crippen LogP contribution in [0.15, 0.2) is 37.0 Å². The molecule has 0 saturated heterocycles. The third-order valence-electron chi connectivity index (χ3n) is 3.71. The molecule has 2 aromatic heterocycles. The van der Waals surface area contributed by atoms with E-state index in [1.807, 2.05) is 6.20 Å². The molecule has 0 fully saturated rings. The summed E-state index contributed by atoms with van der Waals surface area (Å²) in [5.41, 5.74) is 8.75. The minimum Gasteiger partial charge on any atom is -0.508 e. The highest BCUT2D eigenvalue weighted by Crippen LogP contribution is 2.36. The Bertz CT molecular complexity index is 928. The van der Waals surface area contributed by atoms with Crippen molar-refractivity contribution < 1.29 is 9.90 Å². The van der Waals surface area contributed by atoms with Crippen LogP contribution in [0, 0.1) is 0 Å². The van der Waals surface area contributed by atoms with Gasteiger partial charge in [-0.05, 0) is 29.8 Å². The molecule has 3 aromatic rings. The number of aromatic amines is 1. The van der Waals surface area contributed by atoms with E-state index in [4.69, 9.17) is 5.73 Å². The molecule has 23 heavy (non-hydrogen) atoms. The second-order valence-corrected chi connectivity index (χ2v) is 5.07. The van der Waals surface area contributed by atoms with E-state index in [0.29, 0.717) is 5.82 Å². The average Bonchev–Trinajstić information content (AvgIpc) is 2.96. The number of phenolic OH excluding ortho intramolecular Hbond substituents is 1. The number of aromatic nitrogens is 2. The van der Waals surface area contributed by atoms with Gasteiger partial charge in [-0.2, -0.15) is 0 Å². The van der Waals surface area contributed by atoms with Crippen molar-refractivity contribution in [3.8, 4) is 16.9 Å². The number of pyridine rings is 1. The van der Waals surface area contributed by atoms with Crippen molar-refractivity contribution in [1.29, 1.82) is 0 Å². The van der Waals surface area contributed by atoms with Crippen LogP contribution in [0.1, 0.15) is 16.1 Å². The van der Waals surface area contributed by atoms with Crippen LogP contribution >= 0.6 is 0 Å². The van der Waals surface area contributed by atoms with E-state index in [0.717, 1.165) is 27.6 Å². The Morgan fingerprint density at radius 1 is 1.39 bits per heavy atom. The third-order valence-corrected chi connectivity index (χ3v) is 3.71. The number of aromatic hydroxyl groups is 1. The predicted octanol–water partition coefficient (Wildman–Crippen LogP) is 2.72. The summed E-state index contributed by atoms with van der Waals surface area (Å²) in [4.78, 5) is 18.9. The number of hydrogen-bond donors (Lipinski definition) is 4. The maximum absolute atomic E-state index is 11.6. The number of carbonyl (C=O) groups excluding carboxylic acids is 1. The molecule has 0 spiro atoms. The summed E-state index contributed by atoms with van der Waals surface area (Å²) in [5, 5.41) is 13.5. The highest BCUT2D eigenvalue weighted by Gasteiger charge is 2.16. The normalized spacial score (nSPS) is 10.7. The molecule has 116 valence electrons. The molecule has 0 atom stereocenters. The molecule has 6 heteroatoms. The lowest BCUT2D eigenvalue weighted by atomic mass is 9.98. The number of fused-ring (bicyclic) bond motifs is 1. The standard InChI is InChI=1S/C17H16N4O2/c1-3-10-11(7-15(16(18)23)21-17(10)19-2)13-8-20-14-5-4-9(22)6-12(13)14/h3-8,20,22H,1H2,2H3,(H2,18,23)(H,19,21). The van der Waals surface area contributed by atoms with Gasteiger partial charge in [-0.15, -0.1) is 0 Å². The minimum absolute atomic E-state index is 0.157. The largest absolute Gasteiger partial charge is 0.508 e. The number of hydrogen-bond acceptors (Lipinski definition) is 4. The fourth-order valence-corrected chi connectivity index (χ4v) is 2.63. The summed E-state index contributed by atoms with van der Waals surface area (Å²) in [6.45, 7) is 3.83. The molecule has 0 bridgehead atoms. The number of phenols is 1. The number of nitrogens with one attached hydrogen (secondary N) is 2. The molecule has 5 N–H and O–H groups in total. The molecule has 1 amide bonds. The van der Waals surface area contributed by atoms with Gasteiger partial charge in [-0.1, -0.05) is 12.7 Å². The van der Waals surface area contributed by atoms with Crippen molar-refractivity contribution in [2.24, 2.45) is 5.73 Å². The molecule has 0 saturated carbocycles. The first-order chi connectivity index (χ1) is 11.0. The summed E-state index contributed by atoms with van der Waals surface area (Å²) >= 11 is 0. The Morgan fingerprint density at radius 3 is 2.83 bits per heavy atom. The quantitative estimate of drug-likeness (QED) is 0.595. The molecular formula is C17H16N4O2. The number of nitrogens with zero attached hydrogens (tertiary/aromatic N) is 1. The lowest BCUT2D eigenvalue weighted by molar-refractivity contribution is 0.0995. The molecule has 1 aromatic carbocycles. The molecular weight excluding hydrogens is 292 g/mol. The van der Waals surface area contributed by atoms with Crippen molar-refractivity contribution in [3.05, 3.63) is 48.3 Å². The second-order valence-electron chi connectivity index (χ2n) is 5.07. The number of rotatable bonds is 4. The second kappa shape index (κ2) is 5.49. The van der Waals surface area contributed by atoms with Crippen LogP contribution in [0.4, 0.5) is 5.82 Å². The lowest BCUT2D eigenvalue weighted by Gasteiger charge is -2.12. The van der Waals surface area contributed by atoms with Gasteiger partial charge in [0.2, 0.25) is 0 Å². The van der Waals surface area contributed by atoms with E-state index < -0.39 is 5.91 Å². The van der Waals surface area contributed by atoms with Crippen LogP contribution in [-0.2, 0) is 0 Å². The Hall–Kier alpha value is -3.28. The van der Waals surface area contributed by atoms with Crippen molar-refractivity contribution in [1.82, 2.24) is 9.97 Å². The fraction of sp³-hybridized carbons (Fsp3) is 0.0588. The zero-order valence-electron chi connectivity index (χ0n) is 12.6. The monoisotopic (exact) mass is 308 g/mol. The Morgan fingerprint density at radius 2 is 2.17 bits per heavy atom. The van der Waals surface area contributed by atoms with E-state index in [2.05, 4.69) is 21.9 Å². The van der Waals surface area contributed by atoms with Crippen molar-refractivity contribution >= 4 is 28.7 Å². The zero-order valence-corrected chi connectivity index (χ0v) is 12.6. The minimum atomic E-state index is -0.610. The molecule has 0 unspecified atom stereocenters. The molecule has 0 aliphatic heterocycles. The molecule has 0 aliphatic carbocycles. The number of amides is 1. The van der Waals surface area contributed by atoms with E-state index in [9.17, 15) is 9.90 Å². The fourth-order valence-electron chi connectivity index (χ4n) is 2.63. The Balaban J connectivity index is 2.36. The smallest absolute Gasteiger partial charge is 0.267 e. The van der Waals surface area contributed by atoms with Crippen LogP contribution in [0.25, 0.3) is 28.1 Å². The first-order valence-electron chi connectivity index (χ1n) is 7.00. The van der Waals surface area contributed by atoms with Gasteiger partial charge >= 0.3 is 0 Å². The summed E-state index contributed by atoms with van der Waals surface area (Å²) in [6.07, 6.45) is 3.48. The highest BCUT2D eigenvalue weighted by molar-refractivity contribution is 6.01. The summed E-state index contributed by atoms with van der Waals surface area (Å²) in [5.74, 6) is 0.0679. The molecule has 3 rings (SSSR count). The SMILES string of the molecule is C=Cc1c(-c2c[nH]c3ccc(O)cc23)cc(C(N)=O)nc1NC. The van der Waals surface area contributed by atoms with Gasteiger partial charge in [0.15, 0.2) is 0 Å². The number of carbonyl (C=O) groups is 1. The maximum atomic E-state index is 11.6. The van der Waals surface area contributed by atoms with Crippen molar-refractivity contribution in [2.45, 2.75) is 0 Å². The average molecular weight is 308 g/mol. The van der Waals surface area contributed by atoms with Crippen molar-refractivity contribution in [3.63, 3.8) is 0 Å². The van der Waals surface area contributed by atoms with E-state index >= 15 is 0 Å². The van der Waals surface area contributed by atoms with E-state index in [1.165, 1.54) is 0 Å². The van der Waals surface area contributed by atoms with Crippen LogP contribution in [-0.4, -0.2) is 28.0 Å². The van der Waals surface area contributed by atoms with Gasteiger partial charge in [0.25, 0.3) is 5.91 Å². The number of H-pyrrole nitrogens is 1. The van der Waals surface area contributed by atoms with Gasteiger partial charge in [0.05, 0.1) is 0 Å². The summed E-state index contributed by atoms with van der Waals surface area (Å²) < 4.78 is 0. The van der Waals surface area contributed by atoms with Gasteiger partial charge < -0.3 is 21.1 Å². The van der Waals surface area contributed by atoms with Gasteiger partial charge in [0, 0.05) is 35.3 Å². The lowest BCUT2D eigenvalue weighted by Crippen LogP contribution is -2.14. The summed E-state index contributed by atoms with van der Waals surface area (Å²) in [6, 6.07) is 6.69. The van der Waals surface area contributed by atoms with Crippen LogP contribution in [0.3, 0.4) is 0 Å². The number of nitrogens with two attached hydrogens (primary N) is 1. The third kappa shape index (κ3) is 2.40. The van der Waals surface area contributed by atoms with Crippen LogP contribution < -0.4 is 11.1 Å². The zero-order chi connectivity index (χ0) is 16.6. The van der Waals surface area contributed by atoms with Gasteiger partial charge in [-0.3, -0.25) is 4.79 Å². The topological polar surface area (TPSA) is 104 Å². The van der Waals surface area contributed by atoms with Crippen molar-refractivity contribution in [2.75, 3.05) is 12.4 Å². The predicted molar refractivity (Wildman–Crippen MR) is 91.4 cm³/mol. The van der Waals surface area contributed by atoms with Gasteiger partial charge in [-0.25, -0.2) is 4.98 Å². The number of anilines is 1. The number of primary amides is 1. The van der Waals surface area contributed by atoms with E-state index in [-0.39, 0.29) is 11.4 Å². The summed E-state index contributed by atoms with van der Waals surface area (Å²) in [7, 11) is 1.71. The highest BCUT2D eigenvalue weighted by atomic mass is 16.3. The first kappa shape index (κ1) is 14.6. The van der Waals surface area contributed by atoms with E-state index in [1.54, 1.807) is 37.4 Å². The molecule has 0 radical (unpaired) electrons.